The van der Waals surface area contributed by atoms with E-state index >= 15 is 0 Å². The minimum atomic E-state index is -0.678. The lowest BCUT2D eigenvalue weighted by molar-refractivity contribution is 0.204. The van der Waals surface area contributed by atoms with Crippen molar-refractivity contribution in [2.24, 2.45) is 0 Å². The van der Waals surface area contributed by atoms with Crippen LogP contribution in [0.2, 0.25) is 0 Å². The van der Waals surface area contributed by atoms with Crippen LogP contribution in [-0.4, -0.2) is 14.7 Å². The number of aliphatic hydroxyl groups excluding tert-OH is 1. The van der Waals surface area contributed by atoms with E-state index in [1.165, 1.54) is 0 Å². The lowest BCUT2D eigenvalue weighted by Crippen LogP contribution is -2.10. The van der Waals surface area contributed by atoms with Crippen LogP contribution >= 0.6 is 15.9 Å². The maximum Gasteiger partial charge on any atom is 0.142 e. The van der Waals surface area contributed by atoms with Crippen molar-refractivity contribution in [3.63, 3.8) is 0 Å². The van der Waals surface area contributed by atoms with Gasteiger partial charge in [-0.25, -0.2) is 4.98 Å². The summed E-state index contributed by atoms with van der Waals surface area (Å²) in [4.78, 5) is 4.23. The predicted molar refractivity (Wildman–Crippen MR) is 70.8 cm³/mol. The number of nitrogens with zero attached hydrogens (tertiary/aromatic N) is 2. The molecule has 0 bridgehead atoms. The Kier molecular flexibility index (Phi) is 3.64. The molecule has 1 N–H and O–H groups in total. The number of hydrogen-bond acceptors (Lipinski definition) is 2. The van der Waals surface area contributed by atoms with Crippen LogP contribution in [0.25, 0.3) is 0 Å². The molecule has 0 spiro atoms. The first-order chi connectivity index (χ1) is 8.13. The second-order valence-corrected chi connectivity index (χ2v) is 4.89. The molecule has 0 aliphatic carbocycles. The molecule has 90 valence electrons. The van der Waals surface area contributed by atoms with E-state index in [2.05, 4.69) is 20.9 Å². The van der Waals surface area contributed by atoms with E-state index in [0.29, 0.717) is 5.82 Å². The van der Waals surface area contributed by atoms with E-state index < -0.39 is 6.10 Å². The molecule has 0 amide bonds. The lowest BCUT2D eigenvalue weighted by atomic mass is 10.0. The third kappa shape index (κ3) is 2.42. The highest BCUT2D eigenvalue weighted by Crippen LogP contribution is 2.26. The van der Waals surface area contributed by atoms with Crippen molar-refractivity contribution in [1.29, 1.82) is 0 Å². The fraction of sp³-hybridized carbons (Fsp3) is 0.308. The van der Waals surface area contributed by atoms with Gasteiger partial charge in [0.15, 0.2) is 0 Å². The molecule has 0 aliphatic heterocycles. The van der Waals surface area contributed by atoms with Crippen molar-refractivity contribution in [1.82, 2.24) is 9.55 Å². The molecule has 1 aromatic carbocycles. The van der Waals surface area contributed by atoms with Gasteiger partial charge >= 0.3 is 0 Å². The molecular weight excluding hydrogens is 280 g/mol. The van der Waals surface area contributed by atoms with Crippen molar-refractivity contribution in [3.8, 4) is 0 Å². The molecule has 1 atom stereocenters. The molecule has 1 aromatic heterocycles. The second kappa shape index (κ2) is 5.02. The number of rotatable bonds is 3. The number of imidazole rings is 1. The van der Waals surface area contributed by atoms with E-state index in [0.717, 1.165) is 22.1 Å². The Balaban J connectivity index is 2.43. The number of benzene rings is 1. The quantitative estimate of drug-likeness (QED) is 0.945. The SMILES string of the molecule is CCn1ccnc1C(O)c1cc(Br)ccc1C. The summed E-state index contributed by atoms with van der Waals surface area (Å²) in [7, 11) is 0. The van der Waals surface area contributed by atoms with Crippen molar-refractivity contribution in [2.45, 2.75) is 26.5 Å². The van der Waals surface area contributed by atoms with Crippen LogP contribution < -0.4 is 0 Å². The Morgan fingerprint density at radius 1 is 1.47 bits per heavy atom. The van der Waals surface area contributed by atoms with Gasteiger partial charge in [0.25, 0.3) is 0 Å². The Hall–Kier alpha value is -1.13. The minimum absolute atomic E-state index is 0.678. The zero-order valence-electron chi connectivity index (χ0n) is 9.89. The molecule has 2 aromatic rings. The lowest BCUT2D eigenvalue weighted by Gasteiger charge is -2.15. The van der Waals surface area contributed by atoms with Crippen molar-refractivity contribution in [2.75, 3.05) is 0 Å². The van der Waals surface area contributed by atoms with Gasteiger partial charge in [0, 0.05) is 23.4 Å². The molecule has 1 heterocycles. The average Bonchev–Trinajstić information content (AvgIpc) is 2.79. The van der Waals surface area contributed by atoms with Crippen molar-refractivity contribution >= 4 is 15.9 Å². The van der Waals surface area contributed by atoms with Crippen molar-refractivity contribution < 1.29 is 5.11 Å². The topological polar surface area (TPSA) is 38.0 Å². The normalized spacial score (nSPS) is 12.7. The third-order valence-corrected chi connectivity index (χ3v) is 3.36. The summed E-state index contributed by atoms with van der Waals surface area (Å²) >= 11 is 3.43. The molecule has 1 unspecified atom stereocenters. The average molecular weight is 295 g/mol. The van der Waals surface area contributed by atoms with E-state index in [4.69, 9.17) is 0 Å². The molecule has 2 rings (SSSR count). The molecule has 0 fully saturated rings. The zero-order valence-corrected chi connectivity index (χ0v) is 11.5. The molecule has 3 nitrogen and oxygen atoms in total. The van der Waals surface area contributed by atoms with Crippen LogP contribution in [0, 0.1) is 6.92 Å². The maximum absolute atomic E-state index is 10.4. The fourth-order valence-corrected chi connectivity index (χ4v) is 2.26. The Bertz CT molecular complexity index is 522. The summed E-state index contributed by atoms with van der Waals surface area (Å²) in [6, 6.07) is 5.90. The molecule has 17 heavy (non-hydrogen) atoms. The molecule has 0 saturated heterocycles. The van der Waals surface area contributed by atoms with E-state index in [1.807, 2.05) is 42.8 Å². The van der Waals surface area contributed by atoms with Gasteiger partial charge in [-0.3, -0.25) is 0 Å². The van der Waals surface area contributed by atoms with Gasteiger partial charge in [0.2, 0.25) is 0 Å². The Morgan fingerprint density at radius 3 is 2.94 bits per heavy atom. The zero-order chi connectivity index (χ0) is 12.4. The smallest absolute Gasteiger partial charge is 0.142 e. The monoisotopic (exact) mass is 294 g/mol. The highest BCUT2D eigenvalue weighted by molar-refractivity contribution is 9.10. The fourth-order valence-electron chi connectivity index (χ4n) is 1.88. The maximum atomic E-state index is 10.4. The first-order valence-electron chi connectivity index (χ1n) is 5.58. The van der Waals surface area contributed by atoms with Gasteiger partial charge in [-0.2, -0.15) is 0 Å². The van der Waals surface area contributed by atoms with Crippen LogP contribution in [0.5, 0.6) is 0 Å². The summed E-state index contributed by atoms with van der Waals surface area (Å²) in [6.07, 6.45) is 2.92. The molecule has 0 radical (unpaired) electrons. The van der Waals surface area contributed by atoms with E-state index in [9.17, 15) is 5.11 Å². The molecule has 0 saturated carbocycles. The number of aliphatic hydroxyl groups is 1. The third-order valence-electron chi connectivity index (χ3n) is 2.87. The van der Waals surface area contributed by atoms with Gasteiger partial charge < -0.3 is 9.67 Å². The van der Waals surface area contributed by atoms with Gasteiger partial charge in [0.05, 0.1) is 0 Å². The molecular formula is C13H15BrN2O. The number of aromatic nitrogens is 2. The van der Waals surface area contributed by atoms with Crippen molar-refractivity contribution in [3.05, 3.63) is 52.0 Å². The van der Waals surface area contributed by atoms with Gasteiger partial charge in [-0.15, -0.1) is 0 Å². The first kappa shape index (κ1) is 12.3. The van der Waals surface area contributed by atoms with Gasteiger partial charge in [0.1, 0.15) is 11.9 Å². The van der Waals surface area contributed by atoms with Crippen LogP contribution in [0.4, 0.5) is 0 Å². The predicted octanol–water partition coefficient (Wildman–Crippen LogP) is 3.06. The van der Waals surface area contributed by atoms with Crippen LogP contribution in [-0.2, 0) is 6.54 Å². The summed E-state index contributed by atoms with van der Waals surface area (Å²) in [6.45, 7) is 4.83. The Morgan fingerprint density at radius 2 is 2.24 bits per heavy atom. The highest BCUT2D eigenvalue weighted by Gasteiger charge is 2.17. The number of aryl methyl sites for hydroxylation is 2. The Labute approximate surface area is 109 Å². The highest BCUT2D eigenvalue weighted by atomic mass is 79.9. The largest absolute Gasteiger partial charge is 0.380 e. The van der Waals surface area contributed by atoms with Gasteiger partial charge in [-0.1, -0.05) is 22.0 Å². The van der Waals surface area contributed by atoms with Gasteiger partial charge in [-0.05, 0) is 37.1 Å². The molecule has 4 heteroatoms. The number of hydrogen-bond donors (Lipinski definition) is 1. The number of halogens is 1. The van der Waals surface area contributed by atoms with Crippen LogP contribution in [0.1, 0.15) is 30.0 Å². The minimum Gasteiger partial charge on any atom is -0.380 e. The summed E-state index contributed by atoms with van der Waals surface area (Å²) in [5.41, 5.74) is 1.95. The molecule has 0 aliphatic rings. The standard InChI is InChI=1S/C13H15BrN2O/c1-3-16-7-6-15-13(16)12(17)11-8-10(14)5-4-9(11)2/h4-8,12,17H,3H2,1-2H3. The summed E-state index contributed by atoms with van der Waals surface area (Å²) in [5.74, 6) is 0.689. The first-order valence-corrected chi connectivity index (χ1v) is 6.38. The van der Waals surface area contributed by atoms with E-state index in [1.54, 1.807) is 6.20 Å². The summed E-state index contributed by atoms with van der Waals surface area (Å²) < 4.78 is 2.91. The second-order valence-electron chi connectivity index (χ2n) is 3.97. The van der Waals surface area contributed by atoms with E-state index in [-0.39, 0.29) is 0 Å². The van der Waals surface area contributed by atoms with Crippen LogP contribution in [0.15, 0.2) is 35.1 Å². The van der Waals surface area contributed by atoms with Crippen LogP contribution in [0.3, 0.4) is 0 Å². The summed E-state index contributed by atoms with van der Waals surface area (Å²) in [5, 5.41) is 10.4.